The Morgan fingerprint density at radius 2 is 2.07 bits per heavy atom. The quantitative estimate of drug-likeness (QED) is 0.620. The molecule has 1 unspecified atom stereocenters. The minimum atomic E-state index is -4.55. The van der Waals surface area contributed by atoms with E-state index in [2.05, 4.69) is 25.6 Å². The van der Waals surface area contributed by atoms with Crippen molar-refractivity contribution in [1.82, 2.24) is 25.0 Å². The van der Waals surface area contributed by atoms with Gasteiger partial charge < -0.3 is 15.2 Å². The van der Waals surface area contributed by atoms with Crippen molar-refractivity contribution in [2.45, 2.75) is 25.7 Å². The van der Waals surface area contributed by atoms with Crippen molar-refractivity contribution in [2.24, 2.45) is 0 Å². The molecule has 2 aromatic heterocycles. The standard InChI is InChI=1S/C18H19F3N6O2/c1-11-5-12(15-9-27(26-25-15)8-14(28)10-29-2)7-13(6-11)23-17-22-4-3-16(24-17)18(19,20)21/h3-7,9,14,28H,8,10H2,1-2H3,(H,22,23,24). The van der Waals surface area contributed by atoms with Crippen molar-refractivity contribution in [2.75, 3.05) is 19.0 Å². The molecule has 2 N–H and O–H groups in total. The first-order chi connectivity index (χ1) is 13.7. The van der Waals surface area contributed by atoms with Crippen LogP contribution < -0.4 is 5.32 Å². The molecule has 0 saturated heterocycles. The number of methoxy groups -OCH3 is 1. The number of aliphatic hydroxyl groups is 1. The average Bonchev–Trinajstić information content (AvgIpc) is 3.09. The summed E-state index contributed by atoms with van der Waals surface area (Å²) >= 11 is 0. The molecule has 29 heavy (non-hydrogen) atoms. The van der Waals surface area contributed by atoms with Crippen LogP contribution in [0.2, 0.25) is 0 Å². The molecule has 3 rings (SSSR count). The first-order valence-electron chi connectivity index (χ1n) is 8.61. The van der Waals surface area contributed by atoms with Gasteiger partial charge in [0.05, 0.1) is 25.5 Å². The SMILES string of the molecule is COCC(O)Cn1cc(-c2cc(C)cc(Nc3nccc(C(F)(F)F)n3)c2)nn1. The van der Waals surface area contributed by atoms with Crippen molar-refractivity contribution >= 4 is 11.6 Å². The summed E-state index contributed by atoms with van der Waals surface area (Å²) in [4.78, 5) is 7.35. The predicted octanol–water partition coefficient (Wildman–Crippen LogP) is 2.81. The summed E-state index contributed by atoms with van der Waals surface area (Å²) in [6.07, 6.45) is -2.56. The van der Waals surface area contributed by atoms with Gasteiger partial charge in [-0.3, -0.25) is 0 Å². The minimum Gasteiger partial charge on any atom is -0.389 e. The normalized spacial score (nSPS) is 12.8. The maximum atomic E-state index is 12.8. The second kappa shape index (κ2) is 8.53. The molecule has 0 saturated carbocycles. The molecule has 11 heteroatoms. The number of hydrogen-bond acceptors (Lipinski definition) is 7. The first kappa shape index (κ1) is 20.7. The molecule has 154 valence electrons. The van der Waals surface area contributed by atoms with Gasteiger partial charge in [0.1, 0.15) is 11.4 Å². The van der Waals surface area contributed by atoms with Gasteiger partial charge in [-0.1, -0.05) is 5.21 Å². The smallest absolute Gasteiger partial charge is 0.389 e. The zero-order chi connectivity index (χ0) is 21.0. The van der Waals surface area contributed by atoms with E-state index in [1.54, 1.807) is 18.3 Å². The third kappa shape index (κ3) is 5.48. The van der Waals surface area contributed by atoms with Crippen LogP contribution >= 0.6 is 0 Å². The number of hydrogen-bond donors (Lipinski definition) is 2. The lowest BCUT2D eigenvalue weighted by molar-refractivity contribution is -0.141. The van der Waals surface area contributed by atoms with Crippen LogP contribution in [-0.2, 0) is 17.5 Å². The predicted molar refractivity (Wildman–Crippen MR) is 98.4 cm³/mol. The number of halogens is 3. The number of aryl methyl sites for hydroxylation is 1. The Morgan fingerprint density at radius 1 is 1.28 bits per heavy atom. The Morgan fingerprint density at radius 3 is 2.79 bits per heavy atom. The van der Waals surface area contributed by atoms with Crippen LogP contribution in [0, 0.1) is 6.92 Å². The summed E-state index contributed by atoms with van der Waals surface area (Å²) in [5.74, 6) is -0.164. The Labute approximate surface area is 164 Å². The third-order valence-electron chi connectivity index (χ3n) is 3.87. The van der Waals surface area contributed by atoms with Gasteiger partial charge in [-0.05, 0) is 36.8 Å². The number of alkyl halides is 3. The molecule has 2 heterocycles. The average molecular weight is 408 g/mol. The van der Waals surface area contributed by atoms with Crippen LogP contribution in [0.15, 0.2) is 36.7 Å². The van der Waals surface area contributed by atoms with Crippen LogP contribution in [-0.4, -0.2) is 49.9 Å². The zero-order valence-corrected chi connectivity index (χ0v) is 15.7. The number of anilines is 2. The van der Waals surface area contributed by atoms with E-state index >= 15 is 0 Å². The summed E-state index contributed by atoms with van der Waals surface area (Å²) in [6.45, 7) is 2.23. The van der Waals surface area contributed by atoms with E-state index in [9.17, 15) is 18.3 Å². The van der Waals surface area contributed by atoms with E-state index in [1.165, 1.54) is 11.8 Å². The number of ether oxygens (including phenoxy) is 1. The van der Waals surface area contributed by atoms with Gasteiger partial charge in [0, 0.05) is 24.6 Å². The van der Waals surface area contributed by atoms with E-state index in [4.69, 9.17) is 4.74 Å². The third-order valence-corrected chi connectivity index (χ3v) is 3.87. The first-order valence-corrected chi connectivity index (χ1v) is 8.61. The Hall–Kier alpha value is -3.05. The van der Waals surface area contributed by atoms with Gasteiger partial charge >= 0.3 is 6.18 Å². The molecular weight excluding hydrogens is 389 g/mol. The number of aliphatic hydroxyl groups excluding tert-OH is 1. The van der Waals surface area contributed by atoms with Crippen molar-refractivity contribution in [3.8, 4) is 11.3 Å². The summed E-state index contributed by atoms with van der Waals surface area (Å²) in [5.41, 5.74) is 1.58. The monoisotopic (exact) mass is 408 g/mol. The summed E-state index contributed by atoms with van der Waals surface area (Å²) in [7, 11) is 1.49. The second-order valence-electron chi connectivity index (χ2n) is 6.41. The Kier molecular flexibility index (Phi) is 6.09. The summed E-state index contributed by atoms with van der Waals surface area (Å²) < 4.78 is 44.9. The van der Waals surface area contributed by atoms with Crippen LogP contribution in [0.25, 0.3) is 11.3 Å². The molecule has 0 fully saturated rings. The highest BCUT2D eigenvalue weighted by Gasteiger charge is 2.32. The second-order valence-corrected chi connectivity index (χ2v) is 6.41. The van der Waals surface area contributed by atoms with Crippen molar-refractivity contribution in [3.63, 3.8) is 0 Å². The number of nitrogens with zero attached hydrogens (tertiary/aromatic N) is 5. The number of aromatic nitrogens is 5. The maximum Gasteiger partial charge on any atom is 0.433 e. The molecule has 1 aromatic carbocycles. The highest BCUT2D eigenvalue weighted by molar-refractivity contribution is 5.68. The number of rotatable bonds is 7. The topological polar surface area (TPSA) is 98.0 Å². The van der Waals surface area contributed by atoms with E-state index in [-0.39, 0.29) is 19.1 Å². The largest absolute Gasteiger partial charge is 0.433 e. The highest BCUT2D eigenvalue weighted by Crippen LogP contribution is 2.29. The van der Waals surface area contributed by atoms with Gasteiger partial charge in [0.25, 0.3) is 0 Å². The van der Waals surface area contributed by atoms with E-state index in [0.717, 1.165) is 17.8 Å². The van der Waals surface area contributed by atoms with Gasteiger partial charge in [-0.2, -0.15) is 13.2 Å². The molecule has 0 amide bonds. The Bertz CT molecular complexity index is 976. The molecule has 0 aliphatic rings. The fourth-order valence-electron chi connectivity index (χ4n) is 2.69. The molecule has 0 spiro atoms. The summed E-state index contributed by atoms with van der Waals surface area (Å²) in [5, 5.41) is 20.7. The van der Waals surface area contributed by atoms with E-state index < -0.39 is 18.0 Å². The number of benzene rings is 1. The van der Waals surface area contributed by atoms with Gasteiger partial charge in [-0.15, -0.1) is 5.10 Å². The minimum absolute atomic E-state index is 0.164. The van der Waals surface area contributed by atoms with Crippen LogP contribution in [0.4, 0.5) is 24.8 Å². The van der Waals surface area contributed by atoms with Crippen molar-refractivity contribution < 1.29 is 23.0 Å². The molecule has 0 aliphatic heterocycles. The van der Waals surface area contributed by atoms with Crippen LogP contribution in [0.3, 0.4) is 0 Å². The molecule has 3 aromatic rings. The van der Waals surface area contributed by atoms with Gasteiger partial charge in [0.2, 0.25) is 5.95 Å². The maximum absolute atomic E-state index is 12.8. The molecule has 8 nitrogen and oxygen atoms in total. The molecule has 1 atom stereocenters. The van der Waals surface area contributed by atoms with Crippen LogP contribution in [0.1, 0.15) is 11.3 Å². The molecule has 0 aliphatic carbocycles. The van der Waals surface area contributed by atoms with Crippen molar-refractivity contribution in [1.29, 1.82) is 0 Å². The van der Waals surface area contributed by atoms with Crippen LogP contribution in [0.5, 0.6) is 0 Å². The fourth-order valence-corrected chi connectivity index (χ4v) is 2.69. The van der Waals surface area contributed by atoms with Crippen molar-refractivity contribution in [3.05, 3.63) is 47.9 Å². The van der Waals surface area contributed by atoms with E-state index in [1.807, 2.05) is 13.0 Å². The lowest BCUT2D eigenvalue weighted by Gasteiger charge is -2.10. The highest BCUT2D eigenvalue weighted by atomic mass is 19.4. The molecule has 0 radical (unpaired) electrons. The lowest BCUT2D eigenvalue weighted by atomic mass is 10.1. The van der Waals surface area contributed by atoms with Gasteiger partial charge in [0.15, 0.2) is 0 Å². The summed E-state index contributed by atoms with van der Waals surface area (Å²) in [6, 6.07) is 6.12. The Balaban J connectivity index is 1.81. The molecular formula is C18H19F3N6O2. The fraction of sp³-hybridized carbons (Fsp3) is 0.333. The zero-order valence-electron chi connectivity index (χ0n) is 15.7. The molecule has 0 bridgehead atoms. The number of nitrogens with one attached hydrogen (secondary N) is 1. The lowest BCUT2D eigenvalue weighted by Crippen LogP contribution is -2.21. The van der Waals surface area contributed by atoms with E-state index in [0.29, 0.717) is 16.9 Å². The van der Waals surface area contributed by atoms with Gasteiger partial charge in [-0.25, -0.2) is 14.6 Å².